The van der Waals surface area contributed by atoms with Crippen LogP contribution in [0.2, 0.25) is 0 Å². The van der Waals surface area contributed by atoms with Gasteiger partial charge in [0.05, 0.1) is 36.5 Å². The van der Waals surface area contributed by atoms with Crippen molar-refractivity contribution in [1.29, 1.82) is 0 Å². The van der Waals surface area contributed by atoms with Crippen LogP contribution >= 0.6 is 0 Å². The summed E-state index contributed by atoms with van der Waals surface area (Å²) in [5.41, 5.74) is -0.421. The van der Waals surface area contributed by atoms with E-state index >= 15 is 0 Å². The van der Waals surface area contributed by atoms with Gasteiger partial charge in [-0.25, -0.2) is 24.0 Å². The maximum absolute atomic E-state index is 13.5. The molecule has 5 unspecified atom stereocenters. The lowest BCUT2D eigenvalue weighted by atomic mass is 10.0. The lowest BCUT2D eigenvalue weighted by Gasteiger charge is -2.24. The average molecular weight is 728 g/mol. The predicted octanol–water partition coefficient (Wildman–Crippen LogP) is 2.57. The van der Waals surface area contributed by atoms with E-state index in [2.05, 4.69) is 20.7 Å². The molecular formula is C37H37N5O11. The van der Waals surface area contributed by atoms with E-state index < -0.39 is 72.7 Å². The van der Waals surface area contributed by atoms with Crippen molar-refractivity contribution in [3.8, 4) is 0 Å². The quantitative estimate of drug-likeness (QED) is 0.142. The zero-order valence-electron chi connectivity index (χ0n) is 28.9. The molecule has 1 saturated heterocycles. The van der Waals surface area contributed by atoms with Crippen molar-refractivity contribution >= 4 is 35.6 Å². The van der Waals surface area contributed by atoms with E-state index in [9.17, 15) is 28.8 Å². The highest BCUT2D eigenvalue weighted by Gasteiger charge is 2.52. The van der Waals surface area contributed by atoms with Crippen LogP contribution in [0, 0.1) is 5.92 Å². The van der Waals surface area contributed by atoms with Gasteiger partial charge in [-0.1, -0.05) is 68.4 Å². The molecule has 1 fully saturated rings. The summed E-state index contributed by atoms with van der Waals surface area (Å²) in [5, 5.41) is 9.39. The Morgan fingerprint density at radius 2 is 1.32 bits per heavy atom. The largest absolute Gasteiger partial charge is 0.467 e. The lowest BCUT2D eigenvalue weighted by Crippen LogP contribution is -2.47. The molecule has 4 aromatic rings. The molecule has 0 radical (unpaired) electrons. The smallest absolute Gasteiger partial charge is 0.368 e. The third-order valence-electron chi connectivity index (χ3n) is 8.00. The Kier molecular flexibility index (Phi) is 12.6. The van der Waals surface area contributed by atoms with Crippen LogP contribution in [0.25, 0.3) is 0 Å². The summed E-state index contributed by atoms with van der Waals surface area (Å²) in [7, 11) is 1.21. The van der Waals surface area contributed by atoms with Crippen LogP contribution in [0.4, 0.5) is 5.82 Å². The minimum atomic E-state index is -1.53. The van der Waals surface area contributed by atoms with Gasteiger partial charge in [0.15, 0.2) is 24.3 Å². The van der Waals surface area contributed by atoms with Gasteiger partial charge in [0.1, 0.15) is 18.8 Å². The van der Waals surface area contributed by atoms with Gasteiger partial charge < -0.3 is 34.3 Å². The Morgan fingerprint density at radius 1 is 0.792 bits per heavy atom. The zero-order valence-corrected chi connectivity index (χ0v) is 28.9. The molecule has 0 bridgehead atoms. The van der Waals surface area contributed by atoms with Crippen LogP contribution in [0.1, 0.15) is 51.1 Å². The van der Waals surface area contributed by atoms with E-state index in [0.29, 0.717) is 0 Å². The summed E-state index contributed by atoms with van der Waals surface area (Å²) in [6, 6.07) is 23.2. The molecule has 5 atom stereocenters. The third kappa shape index (κ3) is 9.68. The number of rotatable bonds is 14. The molecule has 53 heavy (non-hydrogen) atoms. The maximum atomic E-state index is 13.5. The molecule has 16 nitrogen and oxygen atoms in total. The van der Waals surface area contributed by atoms with Crippen molar-refractivity contribution in [2.45, 2.75) is 44.4 Å². The van der Waals surface area contributed by atoms with Gasteiger partial charge in [-0.15, -0.1) is 0 Å². The van der Waals surface area contributed by atoms with E-state index in [1.54, 1.807) is 80.6 Å². The van der Waals surface area contributed by atoms with Gasteiger partial charge in [0, 0.05) is 0 Å². The fraction of sp³-hybridized carbons (Fsp3) is 0.297. The minimum absolute atomic E-state index is 0.100. The molecular weight excluding hydrogens is 690 g/mol. The second-order valence-electron chi connectivity index (χ2n) is 12.0. The standard InChI is InChI=1S/C37H37N5O11/c1-22(2)29(36(47)49-3)41-28(43)20-38-27-19-39-42(37(48)40-27)32-31(53-35(46)25-17-11-6-12-18-25)30(52-34(45)24-15-9-5-10-16-24)26(51-32)21-50-33(44)23-13-7-4-8-14-23/h4-19,22,26,29-32H,20-21H2,1-3H3,(H,41,43)(H,38,40,48). The summed E-state index contributed by atoms with van der Waals surface area (Å²) in [5.74, 6) is -3.89. The zero-order chi connectivity index (χ0) is 37.9. The predicted molar refractivity (Wildman–Crippen MR) is 185 cm³/mol. The number of aromatic nitrogens is 3. The molecule has 5 rings (SSSR count). The fourth-order valence-corrected chi connectivity index (χ4v) is 5.28. The summed E-state index contributed by atoms with van der Waals surface area (Å²) in [6.07, 6.45) is -4.57. The molecule has 2 N–H and O–H groups in total. The summed E-state index contributed by atoms with van der Waals surface area (Å²) >= 11 is 0. The van der Waals surface area contributed by atoms with E-state index in [-0.39, 0.29) is 35.0 Å². The number of nitrogens with one attached hydrogen (secondary N) is 2. The Balaban J connectivity index is 1.42. The van der Waals surface area contributed by atoms with Crippen LogP contribution in [0.3, 0.4) is 0 Å². The van der Waals surface area contributed by atoms with Crippen LogP contribution in [0.5, 0.6) is 0 Å². The molecule has 1 amide bonds. The summed E-state index contributed by atoms with van der Waals surface area (Å²) in [6.45, 7) is 2.63. The molecule has 16 heteroatoms. The van der Waals surface area contributed by atoms with E-state index in [1.165, 1.54) is 31.4 Å². The van der Waals surface area contributed by atoms with Gasteiger partial charge in [-0.3, -0.25) is 4.79 Å². The minimum Gasteiger partial charge on any atom is -0.467 e. The first-order chi connectivity index (χ1) is 25.5. The van der Waals surface area contributed by atoms with Gasteiger partial charge in [-0.05, 0) is 42.3 Å². The number of ether oxygens (including phenoxy) is 5. The van der Waals surface area contributed by atoms with E-state index in [4.69, 9.17) is 23.7 Å². The Labute approximate surface area is 303 Å². The highest BCUT2D eigenvalue weighted by molar-refractivity contribution is 5.91. The SMILES string of the molecule is COC(=O)C(NC(=O)CNc1cnn(C2OC(COC(=O)c3ccccc3)C(OC(=O)c3ccccc3)C2OC(=O)c2ccccc2)c(=O)n1)C(C)C. The molecule has 1 aliphatic rings. The first-order valence-electron chi connectivity index (χ1n) is 16.5. The number of esters is 4. The second-order valence-corrected chi connectivity index (χ2v) is 12.0. The molecule has 0 saturated carbocycles. The normalized spacial score (nSPS) is 18.3. The highest BCUT2D eigenvalue weighted by Crippen LogP contribution is 2.34. The average Bonchev–Trinajstić information content (AvgIpc) is 3.50. The highest BCUT2D eigenvalue weighted by atomic mass is 16.7. The van der Waals surface area contributed by atoms with Crippen molar-refractivity contribution in [1.82, 2.24) is 20.1 Å². The molecule has 0 aliphatic carbocycles. The second kappa shape index (κ2) is 17.7. The number of amides is 1. The number of nitrogens with zero attached hydrogens (tertiary/aromatic N) is 3. The van der Waals surface area contributed by atoms with Crippen LogP contribution < -0.4 is 16.3 Å². The number of hydrogen-bond acceptors (Lipinski definition) is 14. The van der Waals surface area contributed by atoms with Crippen LogP contribution in [-0.4, -0.2) is 89.2 Å². The molecule has 2 heterocycles. The van der Waals surface area contributed by atoms with Crippen molar-refractivity contribution in [2.24, 2.45) is 5.92 Å². The number of anilines is 1. The van der Waals surface area contributed by atoms with Crippen molar-refractivity contribution in [2.75, 3.05) is 25.6 Å². The number of carbonyl (C=O) groups excluding carboxylic acids is 5. The lowest BCUT2D eigenvalue weighted by molar-refractivity contribution is -0.146. The first-order valence-corrected chi connectivity index (χ1v) is 16.5. The Bertz CT molecular complexity index is 1960. The van der Waals surface area contributed by atoms with Crippen LogP contribution in [-0.2, 0) is 33.3 Å². The maximum Gasteiger partial charge on any atom is 0.368 e. The monoisotopic (exact) mass is 727 g/mol. The molecule has 276 valence electrons. The van der Waals surface area contributed by atoms with Gasteiger partial charge >= 0.3 is 29.6 Å². The number of methoxy groups -OCH3 is 1. The van der Waals surface area contributed by atoms with Gasteiger partial charge in [-0.2, -0.15) is 14.8 Å². The van der Waals surface area contributed by atoms with Crippen molar-refractivity contribution < 1.29 is 47.7 Å². The first kappa shape index (κ1) is 37.8. The Hall–Kier alpha value is -6.42. The molecule has 0 spiro atoms. The third-order valence-corrected chi connectivity index (χ3v) is 8.00. The van der Waals surface area contributed by atoms with Gasteiger partial charge in [0.25, 0.3) is 0 Å². The summed E-state index contributed by atoms with van der Waals surface area (Å²) in [4.78, 5) is 81.7. The van der Waals surface area contributed by atoms with E-state index in [1.807, 2.05) is 0 Å². The van der Waals surface area contributed by atoms with E-state index in [0.717, 1.165) is 10.9 Å². The van der Waals surface area contributed by atoms with Gasteiger partial charge in [0.2, 0.25) is 5.91 Å². The summed E-state index contributed by atoms with van der Waals surface area (Å²) < 4.78 is 28.9. The molecule has 1 aliphatic heterocycles. The molecule has 1 aromatic heterocycles. The Morgan fingerprint density at radius 3 is 1.83 bits per heavy atom. The number of carbonyl (C=O) groups is 5. The number of hydrogen-bond donors (Lipinski definition) is 2. The van der Waals surface area contributed by atoms with Crippen molar-refractivity contribution in [3.63, 3.8) is 0 Å². The van der Waals surface area contributed by atoms with Crippen molar-refractivity contribution in [3.05, 3.63) is 124 Å². The van der Waals surface area contributed by atoms with Crippen LogP contribution in [0.15, 0.2) is 102 Å². The topological polar surface area (TPSA) is 203 Å². The fourth-order valence-electron chi connectivity index (χ4n) is 5.28. The number of benzene rings is 3. The molecule has 3 aromatic carbocycles.